The Bertz CT molecular complexity index is 1070. The first-order valence-electron chi connectivity index (χ1n) is 9.25. The third kappa shape index (κ3) is 4.14. The summed E-state index contributed by atoms with van der Waals surface area (Å²) in [4.78, 5) is 39.0. The Morgan fingerprint density at radius 2 is 1.80 bits per heavy atom. The van der Waals surface area contributed by atoms with E-state index in [1.807, 2.05) is 0 Å². The number of amides is 1. The zero-order chi connectivity index (χ0) is 21.8. The second-order valence-corrected chi connectivity index (χ2v) is 6.91. The highest BCUT2D eigenvalue weighted by Crippen LogP contribution is 2.35. The number of hydrogen-bond acceptors (Lipinski definition) is 5. The fraction of sp³-hybridized carbons (Fsp3) is 0.174. The number of esters is 2. The third-order valence-electron chi connectivity index (χ3n) is 4.59. The lowest BCUT2D eigenvalue weighted by Gasteiger charge is -2.18. The molecule has 7 heteroatoms. The highest BCUT2D eigenvalue weighted by atomic mass is 35.5. The molecule has 2 aromatic carbocycles. The van der Waals surface area contributed by atoms with Crippen LogP contribution in [0.25, 0.3) is 6.08 Å². The summed E-state index contributed by atoms with van der Waals surface area (Å²) in [5.74, 6) is -1.43. The summed E-state index contributed by atoms with van der Waals surface area (Å²) in [6.07, 6.45) is 1.61. The van der Waals surface area contributed by atoms with Crippen molar-refractivity contribution in [2.24, 2.45) is 0 Å². The van der Waals surface area contributed by atoms with Crippen molar-refractivity contribution in [3.63, 3.8) is 0 Å². The lowest BCUT2D eigenvalue weighted by molar-refractivity contribution is -0.136. The van der Waals surface area contributed by atoms with Crippen molar-refractivity contribution in [1.29, 1.82) is 0 Å². The van der Waals surface area contributed by atoms with E-state index in [0.29, 0.717) is 27.5 Å². The molecular formula is C23H20ClNO5. The summed E-state index contributed by atoms with van der Waals surface area (Å²) >= 11 is 6.04. The Hall–Kier alpha value is -3.38. The Morgan fingerprint density at radius 1 is 1.10 bits per heavy atom. The highest BCUT2D eigenvalue weighted by Gasteiger charge is 2.37. The Labute approximate surface area is 179 Å². The summed E-state index contributed by atoms with van der Waals surface area (Å²) in [7, 11) is 1.26. The quantitative estimate of drug-likeness (QED) is 0.524. The summed E-state index contributed by atoms with van der Waals surface area (Å²) in [5.41, 5.74) is 2.38. The smallest absolute Gasteiger partial charge is 0.340 e. The van der Waals surface area contributed by atoms with Crippen LogP contribution in [-0.4, -0.2) is 31.6 Å². The van der Waals surface area contributed by atoms with Crippen LogP contribution >= 0.6 is 11.6 Å². The van der Waals surface area contributed by atoms with Crippen LogP contribution in [0.15, 0.2) is 65.4 Å². The van der Waals surface area contributed by atoms with Crippen LogP contribution < -0.4 is 4.90 Å². The summed E-state index contributed by atoms with van der Waals surface area (Å²) in [5, 5.41) is 0.515. The third-order valence-corrected chi connectivity index (χ3v) is 4.82. The van der Waals surface area contributed by atoms with Crippen molar-refractivity contribution in [1.82, 2.24) is 0 Å². The maximum absolute atomic E-state index is 13.2. The van der Waals surface area contributed by atoms with Crippen LogP contribution in [0.1, 0.15) is 29.8 Å². The second-order valence-electron chi connectivity index (χ2n) is 6.47. The molecule has 1 amide bonds. The minimum atomic E-state index is -0.611. The monoisotopic (exact) mass is 425 g/mol. The molecule has 0 spiro atoms. The largest absolute Gasteiger partial charge is 0.465 e. The average Bonchev–Trinajstić information content (AvgIpc) is 2.97. The number of allylic oxidation sites excluding steroid dienone is 1. The lowest BCUT2D eigenvalue weighted by Crippen LogP contribution is -2.24. The van der Waals surface area contributed by atoms with Gasteiger partial charge in [0, 0.05) is 16.4 Å². The van der Waals surface area contributed by atoms with Gasteiger partial charge in [-0.05, 0) is 61.9 Å². The number of ether oxygens (including phenoxy) is 2. The minimum Gasteiger partial charge on any atom is -0.465 e. The molecule has 1 heterocycles. The topological polar surface area (TPSA) is 72.9 Å². The fourth-order valence-electron chi connectivity index (χ4n) is 3.21. The number of rotatable bonds is 5. The van der Waals surface area contributed by atoms with E-state index in [2.05, 4.69) is 0 Å². The van der Waals surface area contributed by atoms with Gasteiger partial charge in [0.1, 0.15) is 0 Å². The number of benzene rings is 2. The number of methoxy groups -OCH3 is 1. The van der Waals surface area contributed by atoms with Crippen LogP contribution in [0.2, 0.25) is 5.02 Å². The molecule has 0 saturated heterocycles. The van der Waals surface area contributed by atoms with Gasteiger partial charge in [0.05, 0.1) is 30.4 Å². The molecule has 0 N–H and O–H groups in total. The number of halogens is 1. The summed E-state index contributed by atoms with van der Waals surface area (Å²) < 4.78 is 9.88. The van der Waals surface area contributed by atoms with Gasteiger partial charge in [0.25, 0.3) is 5.91 Å². The van der Waals surface area contributed by atoms with Crippen molar-refractivity contribution >= 4 is 41.2 Å². The van der Waals surface area contributed by atoms with Gasteiger partial charge in [0.15, 0.2) is 0 Å². The summed E-state index contributed by atoms with van der Waals surface area (Å²) in [6.45, 7) is 3.67. The van der Waals surface area contributed by atoms with E-state index >= 15 is 0 Å². The molecule has 1 aliphatic heterocycles. The highest BCUT2D eigenvalue weighted by molar-refractivity contribution is 6.30. The Morgan fingerprint density at radius 3 is 2.40 bits per heavy atom. The van der Waals surface area contributed by atoms with Crippen LogP contribution in [0.5, 0.6) is 0 Å². The molecule has 0 saturated carbocycles. The number of nitrogens with zero attached hydrogens (tertiary/aromatic N) is 1. The molecule has 0 radical (unpaired) electrons. The van der Waals surface area contributed by atoms with E-state index in [4.69, 9.17) is 21.1 Å². The SMILES string of the molecule is CCOC(=O)c1ccc(N2C(=O)/C(=C\c3cccc(Cl)c3)C(C(=O)OC)=C2C)cc1. The predicted molar refractivity (Wildman–Crippen MR) is 114 cm³/mol. The first-order chi connectivity index (χ1) is 14.4. The number of anilines is 1. The second kappa shape index (κ2) is 8.97. The van der Waals surface area contributed by atoms with Crippen LogP contribution in [-0.2, 0) is 19.1 Å². The fourth-order valence-corrected chi connectivity index (χ4v) is 3.41. The molecule has 1 aliphatic rings. The van der Waals surface area contributed by atoms with Crippen molar-refractivity contribution in [3.8, 4) is 0 Å². The van der Waals surface area contributed by atoms with Crippen molar-refractivity contribution in [2.75, 3.05) is 18.6 Å². The molecule has 2 aromatic rings. The standard InChI is InChI=1S/C23H20ClNO5/c1-4-30-22(27)16-8-10-18(11-9-16)25-14(2)20(23(28)29-3)19(21(25)26)13-15-6-5-7-17(24)12-15/h5-13H,4H2,1-3H3/b19-13-. The van der Waals surface area contributed by atoms with Crippen molar-refractivity contribution < 1.29 is 23.9 Å². The number of hydrogen-bond donors (Lipinski definition) is 0. The molecule has 30 heavy (non-hydrogen) atoms. The molecule has 0 aromatic heterocycles. The predicted octanol–water partition coefficient (Wildman–Crippen LogP) is 4.39. The van der Waals surface area contributed by atoms with E-state index in [0.717, 1.165) is 0 Å². The lowest BCUT2D eigenvalue weighted by atomic mass is 10.0. The van der Waals surface area contributed by atoms with Crippen LogP contribution in [0.3, 0.4) is 0 Å². The number of carbonyl (C=O) groups is 3. The summed E-state index contributed by atoms with van der Waals surface area (Å²) in [6, 6.07) is 13.4. The van der Waals surface area contributed by atoms with E-state index in [1.54, 1.807) is 68.5 Å². The van der Waals surface area contributed by atoms with Gasteiger partial charge >= 0.3 is 11.9 Å². The van der Waals surface area contributed by atoms with Crippen LogP contribution in [0.4, 0.5) is 5.69 Å². The Balaban J connectivity index is 2.04. The normalized spacial score (nSPS) is 15.0. The molecule has 0 atom stereocenters. The average molecular weight is 426 g/mol. The molecule has 0 bridgehead atoms. The first-order valence-corrected chi connectivity index (χ1v) is 9.63. The van der Waals surface area contributed by atoms with Gasteiger partial charge in [-0.25, -0.2) is 9.59 Å². The van der Waals surface area contributed by atoms with E-state index in [-0.39, 0.29) is 23.7 Å². The maximum atomic E-state index is 13.2. The van der Waals surface area contributed by atoms with Gasteiger partial charge in [-0.15, -0.1) is 0 Å². The Kier molecular flexibility index (Phi) is 6.37. The van der Waals surface area contributed by atoms with Gasteiger partial charge in [-0.1, -0.05) is 23.7 Å². The number of carbonyl (C=O) groups excluding carboxylic acids is 3. The molecule has 6 nitrogen and oxygen atoms in total. The molecule has 0 unspecified atom stereocenters. The zero-order valence-corrected chi connectivity index (χ0v) is 17.5. The first kappa shape index (κ1) is 21.3. The van der Waals surface area contributed by atoms with Gasteiger partial charge in [0.2, 0.25) is 0 Å². The minimum absolute atomic E-state index is 0.178. The van der Waals surface area contributed by atoms with Crippen molar-refractivity contribution in [2.45, 2.75) is 13.8 Å². The maximum Gasteiger partial charge on any atom is 0.340 e. The van der Waals surface area contributed by atoms with Crippen LogP contribution in [0, 0.1) is 0 Å². The van der Waals surface area contributed by atoms with E-state index in [1.165, 1.54) is 12.0 Å². The van der Waals surface area contributed by atoms with Crippen molar-refractivity contribution in [3.05, 3.63) is 81.5 Å². The molecule has 0 aliphatic carbocycles. The molecule has 0 fully saturated rings. The van der Waals surface area contributed by atoms with E-state index < -0.39 is 11.9 Å². The van der Waals surface area contributed by atoms with Gasteiger partial charge in [-0.2, -0.15) is 0 Å². The van der Waals surface area contributed by atoms with E-state index in [9.17, 15) is 14.4 Å². The zero-order valence-electron chi connectivity index (χ0n) is 16.8. The molecule has 154 valence electrons. The molecular weight excluding hydrogens is 406 g/mol. The molecule has 3 rings (SSSR count). The van der Waals surface area contributed by atoms with Gasteiger partial charge < -0.3 is 9.47 Å². The van der Waals surface area contributed by atoms with Gasteiger partial charge in [-0.3, -0.25) is 9.69 Å².